The molecule has 0 aliphatic rings. The van der Waals surface area contributed by atoms with Crippen molar-refractivity contribution in [3.8, 4) is 5.75 Å². The van der Waals surface area contributed by atoms with Gasteiger partial charge in [0.2, 0.25) is 4.96 Å². The minimum Gasteiger partial charge on any atom is -0.497 e. The average molecular weight is 464 g/mol. The van der Waals surface area contributed by atoms with Crippen LogP contribution in [0, 0.1) is 5.92 Å². The molecule has 1 unspecified atom stereocenters. The van der Waals surface area contributed by atoms with Gasteiger partial charge in [-0.05, 0) is 50.8 Å². The third-order valence-electron chi connectivity index (χ3n) is 4.20. The fourth-order valence-electron chi connectivity index (χ4n) is 2.95. The first-order valence-corrected chi connectivity index (χ1v) is 11.9. The zero-order valence-corrected chi connectivity index (χ0v) is 20.3. The lowest BCUT2D eigenvalue weighted by atomic mass is 10.0. The van der Waals surface area contributed by atoms with Crippen LogP contribution in [0.25, 0.3) is 4.96 Å². The molecule has 0 fully saturated rings. The molecule has 1 N–H and O–H groups in total. The van der Waals surface area contributed by atoms with Crippen molar-refractivity contribution in [2.24, 2.45) is 5.92 Å². The zero-order chi connectivity index (χ0) is 22.6. The van der Waals surface area contributed by atoms with E-state index in [1.165, 1.54) is 11.3 Å². The number of methoxy groups -OCH3 is 1. The van der Waals surface area contributed by atoms with Gasteiger partial charge in [0, 0.05) is 5.75 Å². The Bertz CT molecular complexity index is 1030. The maximum absolute atomic E-state index is 12.4. The Balaban J connectivity index is 1.76. The minimum atomic E-state index is -0.572. The maximum atomic E-state index is 12.4. The predicted molar refractivity (Wildman–Crippen MR) is 123 cm³/mol. The van der Waals surface area contributed by atoms with Crippen molar-refractivity contribution in [3.63, 3.8) is 0 Å². The Morgan fingerprint density at radius 3 is 2.74 bits per heavy atom. The van der Waals surface area contributed by atoms with Crippen molar-refractivity contribution in [1.29, 1.82) is 0 Å². The number of carbonyl (C=O) groups is 1. The molecular formula is C21H29N5O3S2. The lowest BCUT2D eigenvalue weighted by molar-refractivity contribution is 0.0494. The van der Waals surface area contributed by atoms with Gasteiger partial charge in [0.05, 0.1) is 13.2 Å². The quantitative estimate of drug-likeness (QED) is 0.465. The highest BCUT2D eigenvalue weighted by Gasteiger charge is 2.26. The molecule has 168 valence electrons. The number of alkyl carbamates (subject to hydrolysis) is 1. The molecule has 0 spiro atoms. The van der Waals surface area contributed by atoms with Gasteiger partial charge in [-0.25, -0.2) is 4.79 Å². The van der Waals surface area contributed by atoms with Gasteiger partial charge in [-0.3, -0.25) is 0 Å². The van der Waals surface area contributed by atoms with Gasteiger partial charge in [-0.15, -0.1) is 15.3 Å². The molecule has 3 aromatic rings. The molecule has 0 radical (unpaired) electrons. The van der Waals surface area contributed by atoms with Gasteiger partial charge in [-0.1, -0.05) is 49.1 Å². The monoisotopic (exact) mass is 463 g/mol. The predicted octanol–water partition coefficient (Wildman–Crippen LogP) is 5.10. The number of benzene rings is 1. The smallest absolute Gasteiger partial charge is 0.408 e. The summed E-state index contributed by atoms with van der Waals surface area (Å²) < 4.78 is 13.3. The van der Waals surface area contributed by atoms with Crippen LogP contribution in [0.2, 0.25) is 0 Å². The second kappa shape index (κ2) is 9.86. The summed E-state index contributed by atoms with van der Waals surface area (Å²) in [6.45, 7) is 9.71. The van der Waals surface area contributed by atoms with Crippen molar-refractivity contribution >= 4 is 34.2 Å². The van der Waals surface area contributed by atoms with Gasteiger partial charge in [0.1, 0.15) is 11.4 Å². The highest BCUT2D eigenvalue weighted by molar-refractivity contribution is 8.00. The van der Waals surface area contributed by atoms with Crippen LogP contribution in [0.4, 0.5) is 4.79 Å². The maximum Gasteiger partial charge on any atom is 0.408 e. The SMILES string of the molecule is COc1cccc(CSc2nn3c(C(CC(C)C)NC(=O)OC(C)(C)C)nnc3s2)c1. The standard InChI is InChI=1S/C21H29N5O3S2/c1-13(2)10-16(22-19(27)29-21(3,4)5)17-23-24-18-26(17)25-20(31-18)30-12-14-8-7-9-15(11-14)28-6/h7-9,11,13,16H,10,12H2,1-6H3,(H,22,27). The second-order valence-corrected chi connectivity index (χ2v) is 10.8. The summed E-state index contributed by atoms with van der Waals surface area (Å²) in [6.07, 6.45) is 0.224. The Hall–Kier alpha value is -2.33. The average Bonchev–Trinajstić information content (AvgIpc) is 3.24. The summed E-state index contributed by atoms with van der Waals surface area (Å²) in [5.41, 5.74) is 0.580. The first kappa shape index (κ1) is 23.3. The summed E-state index contributed by atoms with van der Waals surface area (Å²) in [6, 6.07) is 7.64. The van der Waals surface area contributed by atoms with Crippen molar-refractivity contribution in [1.82, 2.24) is 25.1 Å². The first-order valence-electron chi connectivity index (χ1n) is 10.1. The number of hydrogen-bond acceptors (Lipinski definition) is 8. The molecule has 0 saturated carbocycles. The molecule has 0 bridgehead atoms. The van der Waals surface area contributed by atoms with Crippen LogP contribution in [-0.4, -0.2) is 38.6 Å². The third kappa shape index (κ3) is 6.57. The lowest BCUT2D eigenvalue weighted by Crippen LogP contribution is -2.36. The van der Waals surface area contributed by atoms with Crippen LogP contribution >= 0.6 is 23.1 Å². The number of hydrogen-bond donors (Lipinski definition) is 1. The van der Waals surface area contributed by atoms with E-state index in [1.54, 1.807) is 23.4 Å². The minimum absolute atomic E-state index is 0.341. The third-order valence-corrected chi connectivity index (χ3v) is 6.31. The fourth-order valence-corrected chi connectivity index (χ4v) is 4.77. The number of ether oxygens (including phenoxy) is 2. The van der Waals surface area contributed by atoms with Crippen LogP contribution in [0.3, 0.4) is 0 Å². The molecule has 2 heterocycles. The number of thioether (sulfide) groups is 1. The fraction of sp³-hybridized carbons (Fsp3) is 0.524. The number of rotatable bonds is 8. The summed E-state index contributed by atoms with van der Waals surface area (Å²) in [5, 5.41) is 16.2. The van der Waals surface area contributed by atoms with Crippen LogP contribution < -0.4 is 10.1 Å². The van der Waals surface area contributed by atoms with E-state index in [0.717, 1.165) is 21.4 Å². The van der Waals surface area contributed by atoms with Crippen molar-refractivity contribution in [2.45, 2.75) is 62.8 Å². The highest BCUT2D eigenvalue weighted by Crippen LogP contribution is 2.30. The number of nitrogens with one attached hydrogen (secondary N) is 1. The molecule has 1 aromatic carbocycles. The number of nitrogens with zero attached hydrogens (tertiary/aromatic N) is 4. The van der Waals surface area contributed by atoms with E-state index in [9.17, 15) is 4.79 Å². The topological polar surface area (TPSA) is 90.6 Å². The molecule has 0 aliphatic carbocycles. The van der Waals surface area contributed by atoms with Crippen LogP contribution in [0.5, 0.6) is 5.75 Å². The number of carbonyl (C=O) groups excluding carboxylic acids is 1. The Morgan fingerprint density at radius 1 is 1.29 bits per heavy atom. The summed E-state index contributed by atoms with van der Waals surface area (Å²) in [4.78, 5) is 13.1. The van der Waals surface area contributed by atoms with E-state index in [-0.39, 0.29) is 6.04 Å². The molecule has 31 heavy (non-hydrogen) atoms. The first-order chi connectivity index (χ1) is 14.6. The second-order valence-electron chi connectivity index (χ2n) is 8.59. The molecule has 2 aromatic heterocycles. The van der Waals surface area contributed by atoms with Gasteiger partial charge in [0.15, 0.2) is 10.2 Å². The van der Waals surface area contributed by atoms with Gasteiger partial charge >= 0.3 is 6.09 Å². The van der Waals surface area contributed by atoms with Crippen LogP contribution in [0.15, 0.2) is 28.6 Å². The molecule has 10 heteroatoms. The molecule has 1 amide bonds. The molecule has 8 nitrogen and oxygen atoms in total. The molecular weight excluding hydrogens is 434 g/mol. The van der Waals surface area contributed by atoms with Gasteiger partial charge in [0.25, 0.3) is 0 Å². The van der Waals surface area contributed by atoms with Crippen LogP contribution in [0.1, 0.15) is 58.5 Å². The zero-order valence-electron chi connectivity index (χ0n) is 18.7. The van der Waals surface area contributed by atoms with Gasteiger partial charge < -0.3 is 14.8 Å². The number of amides is 1. The molecule has 0 saturated heterocycles. The Morgan fingerprint density at radius 2 is 2.06 bits per heavy atom. The summed E-state index contributed by atoms with van der Waals surface area (Å²) in [5.74, 6) is 2.55. The van der Waals surface area contributed by atoms with E-state index < -0.39 is 11.7 Å². The normalized spacial score (nSPS) is 12.9. The van der Waals surface area contributed by atoms with Crippen molar-refractivity contribution < 1.29 is 14.3 Å². The van der Waals surface area contributed by atoms with Crippen LogP contribution in [-0.2, 0) is 10.5 Å². The lowest BCUT2D eigenvalue weighted by Gasteiger charge is -2.23. The van der Waals surface area contributed by atoms with E-state index in [4.69, 9.17) is 14.6 Å². The Labute approximate surface area is 190 Å². The summed E-state index contributed by atoms with van der Waals surface area (Å²) >= 11 is 3.11. The van der Waals surface area contributed by atoms with E-state index in [2.05, 4.69) is 35.4 Å². The van der Waals surface area contributed by atoms with Crippen molar-refractivity contribution in [2.75, 3.05) is 7.11 Å². The van der Waals surface area contributed by atoms with Gasteiger partial charge in [-0.2, -0.15) is 4.52 Å². The molecule has 3 rings (SSSR count). The summed E-state index contributed by atoms with van der Waals surface area (Å²) in [7, 11) is 1.66. The van der Waals surface area contributed by atoms with Crippen molar-refractivity contribution in [3.05, 3.63) is 35.7 Å². The number of fused-ring (bicyclic) bond motifs is 1. The highest BCUT2D eigenvalue weighted by atomic mass is 32.2. The van der Waals surface area contributed by atoms with E-state index in [0.29, 0.717) is 23.1 Å². The molecule has 1 atom stereocenters. The largest absolute Gasteiger partial charge is 0.497 e. The van der Waals surface area contributed by atoms with E-state index in [1.807, 2.05) is 39.0 Å². The molecule has 0 aliphatic heterocycles. The number of aromatic nitrogens is 4. The van der Waals surface area contributed by atoms with E-state index >= 15 is 0 Å². The Kier molecular flexibility index (Phi) is 7.42.